The van der Waals surface area contributed by atoms with Crippen molar-refractivity contribution < 1.29 is 9.90 Å². The van der Waals surface area contributed by atoms with Crippen molar-refractivity contribution in [2.24, 2.45) is 0 Å². The zero-order valence-electron chi connectivity index (χ0n) is 5.71. The van der Waals surface area contributed by atoms with Gasteiger partial charge in [0.2, 0.25) is 0 Å². The van der Waals surface area contributed by atoms with Crippen molar-refractivity contribution in [1.29, 1.82) is 0 Å². The van der Waals surface area contributed by atoms with E-state index in [1.165, 1.54) is 12.0 Å². The molecular formula is C8H10O2. The van der Waals surface area contributed by atoms with Crippen LogP contribution < -0.4 is 0 Å². The minimum absolute atomic E-state index is 0.879. The van der Waals surface area contributed by atoms with Crippen molar-refractivity contribution in [3.63, 3.8) is 0 Å². The zero-order valence-corrected chi connectivity index (χ0v) is 5.71. The number of hydrogen-bond acceptors (Lipinski definition) is 1. The van der Waals surface area contributed by atoms with Crippen molar-refractivity contribution in [2.75, 3.05) is 0 Å². The van der Waals surface area contributed by atoms with Gasteiger partial charge in [-0.15, -0.1) is 0 Å². The molecular weight excluding hydrogens is 128 g/mol. The van der Waals surface area contributed by atoms with E-state index in [2.05, 4.69) is 0 Å². The Kier molecular flexibility index (Phi) is 2.26. The molecule has 1 aliphatic rings. The van der Waals surface area contributed by atoms with Crippen LogP contribution in [-0.2, 0) is 4.79 Å². The quantitative estimate of drug-likeness (QED) is 0.590. The maximum absolute atomic E-state index is 9.97. The number of allylic oxidation sites excluding steroid dienone is 3. The topological polar surface area (TPSA) is 37.3 Å². The van der Waals surface area contributed by atoms with Gasteiger partial charge in [0.1, 0.15) is 0 Å². The summed E-state index contributed by atoms with van der Waals surface area (Å²) >= 11 is 0. The number of rotatable bonds is 2. The Morgan fingerprint density at radius 1 is 1.50 bits per heavy atom. The highest BCUT2D eigenvalue weighted by atomic mass is 16.4. The Morgan fingerprint density at radius 3 is 2.60 bits per heavy atom. The van der Waals surface area contributed by atoms with Crippen molar-refractivity contribution >= 4 is 5.97 Å². The molecule has 0 unspecified atom stereocenters. The number of carboxylic acids is 1. The summed E-state index contributed by atoms with van der Waals surface area (Å²) < 4.78 is 0. The number of carboxylic acid groups (broad SMARTS) is 1. The fourth-order valence-corrected chi connectivity index (χ4v) is 0.814. The Labute approximate surface area is 59.9 Å². The molecule has 0 aromatic rings. The number of aliphatic carboxylic acids is 1. The molecule has 1 saturated carbocycles. The van der Waals surface area contributed by atoms with Crippen LogP contribution in [0.1, 0.15) is 19.3 Å². The van der Waals surface area contributed by atoms with Crippen LogP contribution in [0.25, 0.3) is 0 Å². The van der Waals surface area contributed by atoms with E-state index >= 15 is 0 Å². The standard InChI is InChI=1S/C8H10O2/c9-8(10)6-2-5-7-3-1-4-7/h2,5-6H,1,3-4H2,(H,9,10)/b6-2+. The lowest BCUT2D eigenvalue weighted by Gasteiger charge is -2.14. The predicted octanol–water partition coefficient (Wildman–Crippen LogP) is 1.74. The van der Waals surface area contributed by atoms with Crippen LogP contribution in [0.4, 0.5) is 0 Å². The van der Waals surface area contributed by atoms with Gasteiger partial charge in [0, 0.05) is 6.08 Å². The summed E-state index contributed by atoms with van der Waals surface area (Å²) in [5, 5.41) is 8.20. The molecule has 0 radical (unpaired) electrons. The zero-order chi connectivity index (χ0) is 7.40. The highest BCUT2D eigenvalue weighted by Gasteiger charge is 2.05. The van der Waals surface area contributed by atoms with E-state index in [4.69, 9.17) is 5.11 Å². The van der Waals surface area contributed by atoms with Crippen LogP contribution in [0.15, 0.2) is 23.8 Å². The molecule has 0 saturated heterocycles. The highest BCUT2D eigenvalue weighted by Crippen LogP contribution is 2.24. The van der Waals surface area contributed by atoms with Gasteiger partial charge in [0.25, 0.3) is 0 Å². The average Bonchev–Trinajstić information content (AvgIpc) is 1.75. The largest absolute Gasteiger partial charge is 0.478 e. The highest BCUT2D eigenvalue weighted by molar-refractivity contribution is 5.80. The normalized spacial score (nSPS) is 17.0. The minimum Gasteiger partial charge on any atom is -0.478 e. The first kappa shape index (κ1) is 7.06. The lowest BCUT2D eigenvalue weighted by atomic mass is 9.92. The van der Waals surface area contributed by atoms with Gasteiger partial charge >= 0.3 is 5.97 Å². The van der Waals surface area contributed by atoms with Gasteiger partial charge in [-0.2, -0.15) is 0 Å². The van der Waals surface area contributed by atoms with Gasteiger partial charge in [0.05, 0.1) is 0 Å². The monoisotopic (exact) mass is 138 g/mol. The van der Waals surface area contributed by atoms with Gasteiger partial charge in [-0.25, -0.2) is 4.79 Å². The van der Waals surface area contributed by atoms with Gasteiger partial charge < -0.3 is 5.11 Å². The third-order valence-electron chi connectivity index (χ3n) is 1.57. The summed E-state index contributed by atoms with van der Waals surface area (Å²) in [7, 11) is 0. The second kappa shape index (κ2) is 3.20. The van der Waals surface area contributed by atoms with E-state index in [-0.39, 0.29) is 0 Å². The predicted molar refractivity (Wildman–Crippen MR) is 38.7 cm³/mol. The van der Waals surface area contributed by atoms with Crippen molar-refractivity contribution in [2.45, 2.75) is 19.3 Å². The second-order valence-corrected chi connectivity index (χ2v) is 2.38. The van der Waals surface area contributed by atoms with Crippen molar-refractivity contribution in [1.82, 2.24) is 0 Å². The molecule has 0 bridgehead atoms. The molecule has 0 atom stereocenters. The summed E-state index contributed by atoms with van der Waals surface area (Å²) in [5.41, 5.74) is 1.36. The van der Waals surface area contributed by atoms with Gasteiger partial charge in [0.15, 0.2) is 0 Å². The third-order valence-corrected chi connectivity index (χ3v) is 1.57. The molecule has 2 heteroatoms. The first-order valence-corrected chi connectivity index (χ1v) is 3.38. The molecule has 0 aromatic heterocycles. The molecule has 1 fully saturated rings. The molecule has 2 nitrogen and oxygen atoms in total. The first-order valence-electron chi connectivity index (χ1n) is 3.38. The molecule has 1 N–H and O–H groups in total. The fourth-order valence-electron chi connectivity index (χ4n) is 0.814. The van der Waals surface area contributed by atoms with E-state index in [0.717, 1.165) is 18.9 Å². The molecule has 54 valence electrons. The second-order valence-electron chi connectivity index (χ2n) is 2.38. The number of carbonyl (C=O) groups is 1. The summed E-state index contributed by atoms with van der Waals surface area (Å²) in [6, 6.07) is 0. The van der Waals surface area contributed by atoms with E-state index in [1.54, 1.807) is 6.08 Å². The maximum Gasteiger partial charge on any atom is 0.328 e. The Morgan fingerprint density at radius 2 is 2.20 bits per heavy atom. The fraction of sp³-hybridized carbons (Fsp3) is 0.375. The van der Waals surface area contributed by atoms with Crippen LogP contribution in [0.3, 0.4) is 0 Å². The van der Waals surface area contributed by atoms with Crippen LogP contribution in [0.2, 0.25) is 0 Å². The SMILES string of the molecule is O=C(O)/C=C/C=C1CCC1. The van der Waals surface area contributed by atoms with E-state index in [9.17, 15) is 4.79 Å². The van der Waals surface area contributed by atoms with Crippen LogP contribution in [-0.4, -0.2) is 11.1 Å². The molecule has 0 heterocycles. The maximum atomic E-state index is 9.97. The summed E-state index contributed by atoms with van der Waals surface area (Å²) in [5.74, 6) is -0.879. The van der Waals surface area contributed by atoms with Gasteiger partial charge in [-0.3, -0.25) is 0 Å². The molecule has 1 aliphatic carbocycles. The first-order chi connectivity index (χ1) is 4.79. The molecule has 0 aliphatic heterocycles. The average molecular weight is 138 g/mol. The lowest BCUT2D eigenvalue weighted by Crippen LogP contribution is -1.95. The Bertz CT molecular complexity index is 183. The lowest BCUT2D eigenvalue weighted by molar-refractivity contribution is -0.131. The molecule has 0 amide bonds. The molecule has 0 spiro atoms. The summed E-state index contributed by atoms with van der Waals surface area (Å²) in [6.45, 7) is 0. The van der Waals surface area contributed by atoms with Crippen molar-refractivity contribution in [3.8, 4) is 0 Å². The molecule has 10 heavy (non-hydrogen) atoms. The van der Waals surface area contributed by atoms with Crippen LogP contribution in [0, 0.1) is 0 Å². The minimum atomic E-state index is -0.879. The van der Waals surface area contributed by atoms with E-state index in [0.29, 0.717) is 0 Å². The molecule has 1 rings (SSSR count). The number of hydrogen-bond donors (Lipinski definition) is 1. The summed E-state index contributed by atoms with van der Waals surface area (Å²) in [6.07, 6.45) is 8.18. The third kappa shape index (κ3) is 2.05. The van der Waals surface area contributed by atoms with Crippen LogP contribution in [0.5, 0.6) is 0 Å². The smallest absolute Gasteiger partial charge is 0.328 e. The Balaban J connectivity index is 2.32. The Hall–Kier alpha value is -1.05. The van der Waals surface area contributed by atoms with Gasteiger partial charge in [-0.1, -0.05) is 17.7 Å². The molecule has 0 aromatic carbocycles. The van der Waals surface area contributed by atoms with E-state index in [1.807, 2.05) is 6.08 Å². The van der Waals surface area contributed by atoms with Crippen molar-refractivity contribution in [3.05, 3.63) is 23.8 Å². The van der Waals surface area contributed by atoms with Gasteiger partial charge in [-0.05, 0) is 19.3 Å². The van der Waals surface area contributed by atoms with Crippen LogP contribution >= 0.6 is 0 Å². The van der Waals surface area contributed by atoms with E-state index < -0.39 is 5.97 Å². The summed E-state index contributed by atoms with van der Waals surface area (Å²) in [4.78, 5) is 9.97.